The Hall–Kier alpha value is -4.90. The molecule has 6 rings (SSSR count). The van der Waals surface area contributed by atoms with Crippen molar-refractivity contribution < 1.29 is 27.5 Å². The Kier molecular flexibility index (Phi) is 8.68. The highest BCUT2D eigenvalue weighted by Gasteiger charge is 2.45. The van der Waals surface area contributed by atoms with E-state index in [4.69, 9.17) is 4.74 Å². The number of likely N-dealkylation sites (N-methyl/N-ethyl adjacent to an activating group) is 1. The molecule has 0 saturated carbocycles. The monoisotopic (exact) mass is 629 g/mol. The van der Waals surface area contributed by atoms with Gasteiger partial charge in [0.25, 0.3) is 5.91 Å². The first-order valence-electron chi connectivity index (χ1n) is 15.0. The number of carbonyl (C=O) groups excluding carboxylic acids is 2. The number of pyridine rings is 1. The van der Waals surface area contributed by atoms with Crippen LogP contribution < -0.4 is 15.0 Å². The summed E-state index contributed by atoms with van der Waals surface area (Å²) >= 11 is 0. The molecule has 0 aliphatic carbocycles. The summed E-state index contributed by atoms with van der Waals surface area (Å²) in [7, 11) is 3.58. The van der Waals surface area contributed by atoms with Gasteiger partial charge in [0.05, 0.1) is 24.6 Å². The van der Waals surface area contributed by atoms with Crippen molar-refractivity contribution in [3.8, 4) is 5.75 Å². The van der Waals surface area contributed by atoms with Crippen LogP contribution in [0.1, 0.15) is 44.6 Å². The maximum Gasteiger partial charge on any atom is 0.416 e. The maximum atomic E-state index is 14.4. The fraction of sp³-hybridized carbons (Fsp3) is 0.286. The molecule has 1 fully saturated rings. The summed E-state index contributed by atoms with van der Waals surface area (Å²) in [6.45, 7) is 3.66. The van der Waals surface area contributed by atoms with E-state index >= 15 is 0 Å². The maximum absolute atomic E-state index is 14.4. The number of nitrogens with zero attached hydrogens (tertiary/aromatic N) is 4. The van der Waals surface area contributed by atoms with Crippen LogP contribution in [-0.4, -0.2) is 66.9 Å². The second kappa shape index (κ2) is 12.8. The standard InChI is InChI=1S/C35H34F3N5O3/c1-41-16-18-42(19-17-41)27-5-3-4-26(20-27)40-33(44)31-29-11-10-28(46-2)21-30(29)34(45)43(22-23-12-14-39-15-13-23)32(31)24-6-8-25(9-7-24)35(36,37)38/h3-15,20-21,31-32H,16-19,22H2,1-2H3,(H,40,44)/t31-,32+/m0/s1. The number of aromatic nitrogens is 1. The van der Waals surface area contributed by atoms with Crippen LogP contribution in [0.2, 0.25) is 0 Å². The first kappa shape index (κ1) is 31.1. The lowest BCUT2D eigenvalue weighted by molar-refractivity contribution is -0.137. The lowest BCUT2D eigenvalue weighted by Gasteiger charge is -2.42. The first-order chi connectivity index (χ1) is 22.1. The van der Waals surface area contributed by atoms with Gasteiger partial charge in [-0.3, -0.25) is 14.6 Å². The smallest absolute Gasteiger partial charge is 0.416 e. The molecule has 3 aromatic carbocycles. The van der Waals surface area contributed by atoms with E-state index in [0.717, 1.165) is 49.6 Å². The molecule has 4 aromatic rings. The van der Waals surface area contributed by atoms with E-state index in [1.165, 1.54) is 19.2 Å². The van der Waals surface area contributed by atoms with Crippen molar-refractivity contribution in [1.82, 2.24) is 14.8 Å². The topological polar surface area (TPSA) is 78.0 Å². The molecule has 0 unspecified atom stereocenters. The van der Waals surface area contributed by atoms with Crippen molar-refractivity contribution in [2.45, 2.75) is 24.7 Å². The second-order valence-corrected chi connectivity index (χ2v) is 11.6. The third-order valence-electron chi connectivity index (χ3n) is 8.68. The normalized spacial score (nSPS) is 18.7. The summed E-state index contributed by atoms with van der Waals surface area (Å²) in [5, 5.41) is 3.07. The molecule has 3 heterocycles. The Morgan fingerprint density at radius 1 is 0.957 bits per heavy atom. The van der Waals surface area contributed by atoms with Crippen LogP contribution in [0.3, 0.4) is 0 Å². The Balaban J connectivity index is 1.43. The average Bonchev–Trinajstić information content (AvgIpc) is 3.06. The largest absolute Gasteiger partial charge is 0.497 e. The molecule has 1 saturated heterocycles. The quantitative estimate of drug-likeness (QED) is 0.271. The number of hydrogen-bond donors (Lipinski definition) is 1. The number of halogens is 3. The van der Waals surface area contributed by atoms with Gasteiger partial charge in [-0.05, 0) is 78.3 Å². The number of methoxy groups -OCH3 is 1. The number of piperazine rings is 1. The van der Waals surface area contributed by atoms with Gasteiger partial charge in [-0.1, -0.05) is 24.3 Å². The summed E-state index contributed by atoms with van der Waals surface area (Å²) in [5.74, 6) is -1.26. The van der Waals surface area contributed by atoms with Gasteiger partial charge in [-0.2, -0.15) is 13.2 Å². The van der Waals surface area contributed by atoms with Crippen molar-refractivity contribution in [3.63, 3.8) is 0 Å². The third-order valence-corrected chi connectivity index (χ3v) is 8.68. The minimum absolute atomic E-state index is 0.104. The van der Waals surface area contributed by atoms with Crippen molar-refractivity contribution in [2.24, 2.45) is 0 Å². The predicted octanol–water partition coefficient (Wildman–Crippen LogP) is 5.98. The summed E-state index contributed by atoms with van der Waals surface area (Å²) in [4.78, 5) is 38.8. The fourth-order valence-electron chi connectivity index (χ4n) is 6.20. The van der Waals surface area contributed by atoms with Crippen LogP contribution in [0, 0.1) is 0 Å². The molecule has 0 radical (unpaired) electrons. The van der Waals surface area contributed by atoms with E-state index in [2.05, 4.69) is 27.1 Å². The van der Waals surface area contributed by atoms with Crippen LogP contribution in [-0.2, 0) is 17.5 Å². The zero-order valence-corrected chi connectivity index (χ0v) is 25.5. The van der Waals surface area contributed by atoms with E-state index in [0.29, 0.717) is 28.1 Å². The second-order valence-electron chi connectivity index (χ2n) is 11.6. The lowest BCUT2D eigenvalue weighted by atomic mass is 9.78. The van der Waals surface area contributed by atoms with E-state index < -0.39 is 23.7 Å². The molecule has 11 heteroatoms. The molecule has 8 nitrogen and oxygen atoms in total. The number of hydrogen-bond acceptors (Lipinski definition) is 6. The molecule has 2 aliphatic heterocycles. The number of fused-ring (bicyclic) bond motifs is 1. The molecule has 0 spiro atoms. The number of amides is 2. The van der Waals surface area contributed by atoms with Gasteiger partial charge in [-0.25, -0.2) is 0 Å². The summed E-state index contributed by atoms with van der Waals surface area (Å²) in [6, 6.07) is 19.9. The summed E-state index contributed by atoms with van der Waals surface area (Å²) < 4.78 is 46.0. The lowest BCUT2D eigenvalue weighted by Crippen LogP contribution is -2.45. The number of nitrogens with one attached hydrogen (secondary N) is 1. The van der Waals surface area contributed by atoms with Crippen LogP contribution >= 0.6 is 0 Å². The molecule has 238 valence electrons. The van der Waals surface area contributed by atoms with Gasteiger partial charge in [0, 0.05) is 62.1 Å². The number of carbonyl (C=O) groups is 2. The van der Waals surface area contributed by atoms with E-state index in [1.807, 2.05) is 24.3 Å². The molecule has 46 heavy (non-hydrogen) atoms. The number of ether oxygens (including phenoxy) is 1. The SMILES string of the molecule is COc1ccc2c(c1)C(=O)N(Cc1ccncc1)[C@H](c1ccc(C(F)(F)F)cc1)[C@H]2C(=O)Nc1cccc(N2CCN(C)CC2)c1. The fourth-order valence-corrected chi connectivity index (χ4v) is 6.20. The van der Waals surface area contributed by atoms with Crippen LogP contribution in [0.4, 0.5) is 24.5 Å². The van der Waals surface area contributed by atoms with E-state index in [-0.39, 0.29) is 18.4 Å². The number of anilines is 2. The highest BCUT2D eigenvalue weighted by Crippen LogP contribution is 2.45. The van der Waals surface area contributed by atoms with Crippen LogP contribution in [0.15, 0.2) is 91.3 Å². The summed E-state index contributed by atoms with van der Waals surface area (Å²) in [6.07, 6.45) is -1.33. The van der Waals surface area contributed by atoms with Crippen LogP contribution in [0.5, 0.6) is 5.75 Å². The molecule has 2 aliphatic rings. The molecule has 2 atom stereocenters. The molecule has 0 bridgehead atoms. The van der Waals surface area contributed by atoms with Crippen molar-refractivity contribution in [3.05, 3.63) is 119 Å². The van der Waals surface area contributed by atoms with Gasteiger partial charge in [0.1, 0.15) is 5.75 Å². The van der Waals surface area contributed by atoms with Gasteiger partial charge >= 0.3 is 6.18 Å². The van der Waals surface area contributed by atoms with Gasteiger partial charge in [-0.15, -0.1) is 0 Å². The third kappa shape index (κ3) is 6.41. The van der Waals surface area contributed by atoms with Crippen molar-refractivity contribution in [1.29, 1.82) is 0 Å². The molecular weight excluding hydrogens is 595 g/mol. The van der Waals surface area contributed by atoms with E-state index in [9.17, 15) is 22.8 Å². The van der Waals surface area contributed by atoms with Crippen molar-refractivity contribution in [2.75, 3.05) is 50.6 Å². The zero-order valence-electron chi connectivity index (χ0n) is 25.5. The number of rotatable bonds is 7. The average molecular weight is 630 g/mol. The minimum Gasteiger partial charge on any atom is -0.497 e. The molecule has 1 N–H and O–H groups in total. The minimum atomic E-state index is -4.54. The molecular formula is C35H34F3N5O3. The van der Waals surface area contributed by atoms with E-state index in [1.54, 1.807) is 47.6 Å². The predicted molar refractivity (Wildman–Crippen MR) is 169 cm³/mol. The van der Waals surface area contributed by atoms with Gasteiger partial charge in [0.15, 0.2) is 0 Å². The highest BCUT2D eigenvalue weighted by atomic mass is 19.4. The Labute approximate surface area is 265 Å². The number of benzene rings is 3. The first-order valence-corrected chi connectivity index (χ1v) is 15.0. The molecule has 2 amide bonds. The zero-order chi connectivity index (χ0) is 32.4. The van der Waals surface area contributed by atoms with Gasteiger partial charge < -0.3 is 24.8 Å². The number of alkyl halides is 3. The van der Waals surface area contributed by atoms with Crippen molar-refractivity contribution >= 4 is 23.2 Å². The van der Waals surface area contributed by atoms with Gasteiger partial charge in [0.2, 0.25) is 5.91 Å². The molecule has 1 aromatic heterocycles. The Morgan fingerprint density at radius 2 is 1.67 bits per heavy atom. The Morgan fingerprint density at radius 3 is 2.35 bits per heavy atom. The summed E-state index contributed by atoms with van der Waals surface area (Å²) in [5.41, 5.74) is 2.67. The Bertz CT molecular complexity index is 1710. The highest BCUT2D eigenvalue weighted by molar-refractivity contribution is 6.04. The van der Waals surface area contributed by atoms with Crippen LogP contribution in [0.25, 0.3) is 0 Å².